The van der Waals surface area contributed by atoms with Crippen molar-refractivity contribution >= 4 is 21.6 Å². The van der Waals surface area contributed by atoms with Crippen LogP contribution in [0.3, 0.4) is 0 Å². The molecule has 0 atom stereocenters. The second-order valence-corrected chi connectivity index (χ2v) is 7.42. The predicted molar refractivity (Wildman–Crippen MR) is 79.5 cm³/mol. The number of sulfonamides is 1. The van der Waals surface area contributed by atoms with Crippen molar-refractivity contribution in [3.8, 4) is 0 Å². The van der Waals surface area contributed by atoms with Gasteiger partial charge in [-0.3, -0.25) is 0 Å². The maximum absolute atomic E-state index is 12.7. The Kier molecular flexibility index (Phi) is 5.09. The number of imidazole rings is 1. The molecule has 1 fully saturated rings. The highest BCUT2D eigenvalue weighted by atomic mass is 35.5. The maximum atomic E-state index is 12.7. The molecule has 1 heterocycles. The van der Waals surface area contributed by atoms with Gasteiger partial charge in [-0.25, -0.2) is 13.4 Å². The van der Waals surface area contributed by atoms with Gasteiger partial charge in [0.15, 0.2) is 5.03 Å². The molecule has 0 aliphatic heterocycles. The number of halogens is 1. The van der Waals surface area contributed by atoms with Crippen molar-refractivity contribution in [3.63, 3.8) is 0 Å². The highest BCUT2D eigenvalue weighted by Crippen LogP contribution is 2.29. The highest BCUT2D eigenvalue weighted by molar-refractivity contribution is 7.89. The van der Waals surface area contributed by atoms with Crippen molar-refractivity contribution in [2.24, 2.45) is 0 Å². The van der Waals surface area contributed by atoms with Crippen LogP contribution in [0, 0.1) is 6.92 Å². The van der Waals surface area contributed by atoms with Crippen LogP contribution in [0.2, 0.25) is 0 Å². The van der Waals surface area contributed by atoms with Crippen LogP contribution >= 0.6 is 11.6 Å². The van der Waals surface area contributed by atoms with Gasteiger partial charge in [-0.1, -0.05) is 13.3 Å². The summed E-state index contributed by atoms with van der Waals surface area (Å²) in [6.45, 7) is 5.03. The van der Waals surface area contributed by atoms with E-state index in [0.717, 1.165) is 38.1 Å². The Morgan fingerprint density at radius 2 is 2.20 bits per heavy atom. The average Bonchev–Trinajstić information content (AvgIpc) is 2.69. The number of hydrogen-bond donors (Lipinski definition) is 0. The Hall–Kier alpha value is -0.590. The molecule has 1 saturated carbocycles. The van der Waals surface area contributed by atoms with Crippen molar-refractivity contribution in [1.82, 2.24) is 13.9 Å². The number of nitrogens with zero attached hydrogens (tertiary/aromatic N) is 3. The molecule has 0 amide bonds. The quantitative estimate of drug-likeness (QED) is 0.725. The Bertz CT molecular complexity index is 552. The largest absolute Gasteiger partial charge is 0.334 e. The molecule has 7 heteroatoms. The summed E-state index contributed by atoms with van der Waals surface area (Å²) in [5.74, 6) is 1.05. The molecule has 0 aromatic carbocycles. The van der Waals surface area contributed by atoms with E-state index >= 15 is 0 Å². The van der Waals surface area contributed by atoms with Gasteiger partial charge in [-0.2, -0.15) is 4.31 Å². The third kappa shape index (κ3) is 3.02. The van der Waals surface area contributed by atoms with E-state index in [0.29, 0.717) is 12.4 Å². The molecular weight excluding hydrogens is 298 g/mol. The van der Waals surface area contributed by atoms with Crippen LogP contribution in [0.5, 0.6) is 0 Å². The second-order valence-electron chi connectivity index (χ2n) is 5.21. The van der Waals surface area contributed by atoms with E-state index in [9.17, 15) is 8.42 Å². The zero-order valence-corrected chi connectivity index (χ0v) is 13.6. The normalized spacial score (nSPS) is 16.6. The Morgan fingerprint density at radius 1 is 1.50 bits per heavy atom. The van der Waals surface area contributed by atoms with Gasteiger partial charge in [0.05, 0.1) is 0 Å². The highest BCUT2D eigenvalue weighted by Gasteiger charge is 2.35. The van der Waals surface area contributed by atoms with Gasteiger partial charge >= 0.3 is 0 Å². The molecule has 1 aliphatic rings. The van der Waals surface area contributed by atoms with Crippen LogP contribution in [0.1, 0.15) is 38.4 Å². The monoisotopic (exact) mass is 319 g/mol. The topological polar surface area (TPSA) is 55.2 Å². The molecule has 0 radical (unpaired) electrons. The molecular formula is C13H22ClN3O2S. The minimum Gasteiger partial charge on any atom is -0.334 e. The van der Waals surface area contributed by atoms with Crippen LogP contribution in [0.15, 0.2) is 11.2 Å². The average molecular weight is 320 g/mol. The summed E-state index contributed by atoms with van der Waals surface area (Å²) in [6, 6.07) is 0.0929. The predicted octanol–water partition coefficient (Wildman–Crippen LogP) is 2.38. The van der Waals surface area contributed by atoms with Gasteiger partial charge in [0.25, 0.3) is 10.0 Å². The molecule has 1 aromatic rings. The third-order valence-corrected chi connectivity index (χ3v) is 5.77. The lowest BCUT2D eigenvalue weighted by Gasteiger charge is -2.35. The lowest BCUT2D eigenvalue weighted by molar-refractivity contribution is 0.227. The minimum absolute atomic E-state index is 0.0929. The van der Waals surface area contributed by atoms with Crippen molar-refractivity contribution in [1.29, 1.82) is 0 Å². The molecule has 2 rings (SSSR count). The zero-order valence-electron chi connectivity index (χ0n) is 12.0. The van der Waals surface area contributed by atoms with Gasteiger partial charge < -0.3 is 4.57 Å². The lowest BCUT2D eigenvalue weighted by atomic mass is 9.93. The van der Waals surface area contributed by atoms with Gasteiger partial charge in [0.2, 0.25) is 0 Å². The van der Waals surface area contributed by atoms with Gasteiger partial charge in [-0.15, -0.1) is 11.6 Å². The summed E-state index contributed by atoms with van der Waals surface area (Å²) in [4.78, 5) is 4.24. The summed E-state index contributed by atoms with van der Waals surface area (Å²) in [7, 11) is -3.53. The standard InChI is InChI=1S/C13H22ClN3O2S/c1-3-8-16-10-13(15-11(16)2)20(18,19)17(9-7-14)12-5-4-6-12/h10,12H,3-9H2,1-2H3. The van der Waals surface area contributed by atoms with E-state index in [1.54, 1.807) is 6.20 Å². The molecule has 5 nitrogen and oxygen atoms in total. The van der Waals surface area contributed by atoms with Crippen molar-refractivity contribution in [3.05, 3.63) is 12.0 Å². The first kappa shape index (κ1) is 15.8. The summed E-state index contributed by atoms with van der Waals surface area (Å²) in [6.07, 6.45) is 5.52. The molecule has 20 heavy (non-hydrogen) atoms. The first-order chi connectivity index (χ1) is 9.50. The lowest BCUT2D eigenvalue weighted by Crippen LogP contribution is -2.45. The number of rotatable bonds is 7. The maximum Gasteiger partial charge on any atom is 0.262 e. The van der Waals surface area contributed by atoms with E-state index in [1.165, 1.54) is 4.31 Å². The van der Waals surface area contributed by atoms with Crippen LogP contribution in [0.25, 0.3) is 0 Å². The minimum atomic E-state index is -3.53. The molecule has 0 bridgehead atoms. The van der Waals surface area contributed by atoms with Crippen LogP contribution in [-0.2, 0) is 16.6 Å². The molecule has 0 unspecified atom stereocenters. The van der Waals surface area contributed by atoms with E-state index in [2.05, 4.69) is 11.9 Å². The number of hydrogen-bond acceptors (Lipinski definition) is 3. The SMILES string of the molecule is CCCn1cc(S(=O)(=O)N(CCCl)C2CCC2)nc1C. The summed E-state index contributed by atoms with van der Waals surface area (Å²) in [5, 5.41) is 0.153. The molecule has 114 valence electrons. The number of aromatic nitrogens is 2. The Labute approximate surface area is 126 Å². The van der Waals surface area contributed by atoms with Crippen molar-refractivity contribution < 1.29 is 8.42 Å². The summed E-state index contributed by atoms with van der Waals surface area (Å²) in [5.41, 5.74) is 0. The van der Waals surface area contributed by atoms with Crippen LogP contribution in [-0.4, -0.2) is 40.7 Å². The number of aryl methyl sites for hydroxylation is 2. The third-order valence-electron chi connectivity index (χ3n) is 3.78. The Morgan fingerprint density at radius 3 is 2.70 bits per heavy atom. The molecule has 0 N–H and O–H groups in total. The van der Waals surface area contributed by atoms with Gasteiger partial charge in [0.1, 0.15) is 5.82 Å². The summed E-state index contributed by atoms with van der Waals surface area (Å²) < 4.78 is 28.9. The smallest absolute Gasteiger partial charge is 0.262 e. The number of alkyl halides is 1. The molecule has 0 spiro atoms. The van der Waals surface area contributed by atoms with Gasteiger partial charge in [-0.05, 0) is 26.2 Å². The first-order valence-electron chi connectivity index (χ1n) is 7.12. The van der Waals surface area contributed by atoms with Gasteiger partial charge in [0, 0.05) is 31.2 Å². The van der Waals surface area contributed by atoms with E-state index in [1.807, 2.05) is 11.5 Å². The fourth-order valence-electron chi connectivity index (χ4n) is 2.45. The second kappa shape index (κ2) is 6.45. The van der Waals surface area contributed by atoms with Crippen molar-refractivity contribution in [2.45, 2.75) is 57.1 Å². The fraction of sp³-hybridized carbons (Fsp3) is 0.769. The molecule has 0 saturated heterocycles. The van der Waals surface area contributed by atoms with Crippen LogP contribution < -0.4 is 0 Å². The Balaban J connectivity index is 2.29. The zero-order chi connectivity index (χ0) is 14.8. The van der Waals surface area contributed by atoms with Crippen LogP contribution in [0.4, 0.5) is 0 Å². The van der Waals surface area contributed by atoms with E-state index in [4.69, 9.17) is 11.6 Å². The van der Waals surface area contributed by atoms with Crippen molar-refractivity contribution in [2.75, 3.05) is 12.4 Å². The summed E-state index contributed by atoms with van der Waals surface area (Å²) >= 11 is 5.77. The van der Waals surface area contributed by atoms with E-state index < -0.39 is 10.0 Å². The molecule has 1 aliphatic carbocycles. The fourth-order valence-corrected chi connectivity index (χ4v) is 4.41. The van der Waals surface area contributed by atoms with E-state index in [-0.39, 0.29) is 11.1 Å². The first-order valence-corrected chi connectivity index (χ1v) is 9.09. The molecule has 1 aromatic heterocycles.